The van der Waals surface area contributed by atoms with Crippen molar-refractivity contribution in [1.82, 2.24) is 20.0 Å². The van der Waals surface area contributed by atoms with Gasteiger partial charge in [0.15, 0.2) is 0 Å². The number of aromatic nitrogens is 2. The zero-order valence-corrected chi connectivity index (χ0v) is 12.8. The van der Waals surface area contributed by atoms with Crippen LogP contribution < -0.4 is 11.1 Å². The lowest BCUT2D eigenvalue weighted by atomic mass is 10.0. The number of nitrogen functional groups attached to an aromatic ring is 1. The van der Waals surface area contributed by atoms with Gasteiger partial charge in [0.05, 0.1) is 11.4 Å². The van der Waals surface area contributed by atoms with E-state index in [1.54, 1.807) is 16.6 Å². The first-order valence-electron chi connectivity index (χ1n) is 7.31. The molecule has 1 aliphatic heterocycles. The molecule has 2 amide bonds. The molecule has 0 saturated carbocycles. The number of nitrogens with one attached hydrogen (secondary N) is 1. The Morgan fingerprint density at radius 3 is 2.48 bits per heavy atom. The van der Waals surface area contributed by atoms with Crippen molar-refractivity contribution >= 4 is 17.5 Å². The van der Waals surface area contributed by atoms with Crippen molar-refractivity contribution in [2.75, 3.05) is 18.8 Å². The van der Waals surface area contributed by atoms with Crippen molar-refractivity contribution < 1.29 is 9.59 Å². The number of piperidine rings is 1. The SMILES string of the molecule is CCc1nn(C)c(C(=O)N2CCC(NC(C)=O)CC2)c1N. The Bertz CT molecular complexity index is 544. The molecule has 1 aliphatic rings. The number of hydrogen-bond donors (Lipinski definition) is 2. The van der Waals surface area contributed by atoms with Gasteiger partial charge in [-0.1, -0.05) is 6.92 Å². The highest BCUT2D eigenvalue weighted by Gasteiger charge is 2.28. The second-order valence-corrected chi connectivity index (χ2v) is 5.45. The van der Waals surface area contributed by atoms with Crippen LogP contribution in [0.25, 0.3) is 0 Å². The summed E-state index contributed by atoms with van der Waals surface area (Å²) >= 11 is 0. The minimum Gasteiger partial charge on any atom is -0.395 e. The van der Waals surface area contributed by atoms with Gasteiger partial charge >= 0.3 is 0 Å². The number of rotatable bonds is 3. The summed E-state index contributed by atoms with van der Waals surface area (Å²) in [7, 11) is 1.74. The fourth-order valence-electron chi connectivity index (χ4n) is 2.77. The Morgan fingerprint density at radius 2 is 2.00 bits per heavy atom. The van der Waals surface area contributed by atoms with E-state index in [0.29, 0.717) is 30.9 Å². The van der Waals surface area contributed by atoms with Crippen LogP contribution >= 0.6 is 0 Å². The minimum atomic E-state index is -0.0801. The molecule has 0 bridgehead atoms. The summed E-state index contributed by atoms with van der Waals surface area (Å²) in [6, 6.07) is 0.154. The third-order valence-corrected chi connectivity index (χ3v) is 3.89. The molecule has 2 heterocycles. The van der Waals surface area contributed by atoms with Crippen LogP contribution in [0.4, 0.5) is 5.69 Å². The Balaban J connectivity index is 2.05. The molecule has 116 valence electrons. The predicted octanol–water partition coefficient (Wildman–Crippen LogP) is 0.305. The van der Waals surface area contributed by atoms with Gasteiger partial charge in [0.2, 0.25) is 5.91 Å². The van der Waals surface area contributed by atoms with Crippen molar-refractivity contribution in [3.63, 3.8) is 0 Å². The third kappa shape index (κ3) is 3.17. The van der Waals surface area contributed by atoms with Gasteiger partial charge in [-0.05, 0) is 19.3 Å². The molecule has 0 atom stereocenters. The topological polar surface area (TPSA) is 93.2 Å². The highest BCUT2D eigenvalue weighted by molar-refractivity contribution is 5.98. The molecule has 21 heavy (non-hydrogen) atoms. The highest BCUT2D eigenvalue weighted by atomic mass is 16.2. The van der Waals surface area contributed by atoms with Crippen LogP contribution in [0.1, 0.15) is 42.9 Å². The van der Waals surface area contributed by atoms with E-state index >= 15 is 0 Å². The number of nitrogens with zero attached hydrogens (tertiary/aromatic N) is 3. The van der Waals surface area contributed by atoms with Crippen molar-refractivity contribution in [3.8, 4) is 0 Å². The lowest BCUT2D eigenvalue weighted by Crippen LogP contribution is -2.46. The zero-order valence-electron chi connectivity index (χ0n) is 12.8. The summed E-state index contributed by atoms with van der Waals surface area (Å²) in [5.41, 5.74) is 7.73. The number of carbonyl (C=O) groups is 2. The molecule has 0 unspecified atom stereocenters. The maximum absolute atomic E-state index is 12.6. The van der Waals surface area contributed by atoms with Gasteiger partial charge in [0, 0.05) is 33.1 Å². The van der Waals surface area contributed by atoms with Crippen molar-refractivity contribution in [2.24, 2.45) is 7.05 Å². The summed E-state index contributed by atoms with van der Waals surface area (Å²) in [6.45, 7) is 4.72. The van der Waals surface area contributed by atoms with Gasteiger partial charge in [-0.25, -0.2) is 0 Å². The number of aryl methyl sites for hydroxylation is 2. The molecule has 7 nitrogen and oxygen atoms in total. The van der Waals surface area contributed by atoms with E-state index in [4.69, 9.17) is 5.73 Å². The van der Waals surface area contributed by atoms with Crippen LogP contribution in [0.3, 0.4) is 0 Å². The molecule has 0 radical (unpaired) electrons. The molecular formula is C14H23N5O2. The molecule has 7 heteroatoms. The monoisotopic (exact) mass is 293 g/mol. The third-order valence-electron chi connectivity index (χ3n) is 3.89. The molecule has 3 N–H and O–H groups in total. The van der Waals surface area contributed by atoms with Gasteiger partial charge in [-0.15, -0.1) is 0 Å². The van der Waals surface area contributed by atoms with E-state index in [9.17, 15) is 9.59 Å². The standard InChI is InChI=1S/C14H23N5O2/c1-4-11-12(15)13(18(3)17-11)14(21)19-7-5-10(6-8-19)16-9(2)20/h10H,4-8,15H2,1-3H3,(H,16,20). The summed E-state index contributed by atoms with van der Waals surface area (Å²) in [5, 5.41) is 7.18. The Labute approximate surface area is 124 Å². The predicted molar refractivity (Wildman–Crippen MR) is 79.7 cm³/mol. The Hall–Kier alpha value is -2.05. The first-order valence-corrected chi connectivity index (χ1v) is 7.31. The summed E-state index contributed by atoms with van der Waals surface area (Å²) in [4.78, 5) is 25.4. The quantitative estimate of drug-likeness (QED) is 0.838. The average Bonchev–Trinajstić information content (AvgIpc) is 2.73. The van der Waals surface area contributed by atoms with E-state index in [0.717, 1.165) is 18.5 Å². The molecule has 1 fully saturated rings. The smallest absolute Gasteiger partial charge is 0.274 e. The van der Waals surface area contributed by atoms with Gasteiger partial charge < -0.3 is 16.0 Å². The zero-order chi connectivity index (χ0) is 15.6. The van der Waals surface area contributed by atoms with Gasteiger partial charge in [-0.3, -0.25) is 14.3 Å². The van der Waals surface area contributed by atoms with Crippen LogP contribution in [-0.4, -0.2) is 45.6 Å². The number of carbonyl (C=O) groups excluding carboxylic acids is 2. The van der Waals surface area contributed by atoms with Crippen LogP contribution in [0.5, 0.6) is 0 Å². The molecule has 2 rings (SSSR count). The van der Waals surface area contributed by atoms with Crippen LogP contribution in [0, 0.1) is 0 Å². The number of nitrogens with two attached hydrogens (primary N) is 1. The van der Waals surface area contributed by atoms with E-state index < -0.39 is 0 Å². The fourth-order valence-corrected chi connectivity index (χ4v) is 2.77. The fraction of sp³-hybridized carbons (Fsp3) is 0.643. The normalized spacial score (nSPS) is 16.0. The second-order valence-electron chi connectivity index (χ2n) is 5.45. The van der Waals surface area contributed by atoms with Gasteiger partial charge in [0.25, 0.3) is 5.91 Å². The van der Waals surface area contributed by atoms with Crippen LogP contribution in [-0.2, 0) is 18.3 Å². The first-order chi connectivity index (χ1) is 9.93. The van der Waals surface area contributed by atoms with E-state index in [1.807, 2.05) is 6.92 Å². The molecule has 0 spiro atoms. The number of likely N-dealkylation sites (tertiary alicyclic amines) is 1. The highest BCUT2D eigenvalue weighted by Crippen LogP contribution is 2.21. The average molecular weight is 293 g/mol. The number of hydrogen-bond acceptors (Lipinski definition) is 4. The summed E-state index contributed by atoms with van der Waals surface area (Å²) < 4.78 is 1.57. The number of amides is 2. The second kappa shape index (κ2) is 6.15. The molecule has 0 aliphatic carbocycles. The maximum atomic E-state index is 12.6. The van der Waals surface area contributed by atoms with Crippen molar-refractivity contribution in [2.45, 2.75) is 39.2 Å². The molecule has 1 aromatic rings. The van der Waals surface area contributed by atoms with E-state index in [1.165, 1.54) is 6.92 Å². The summed E-state index contributed by atoms with van der Waals surface area (Å²) in [6.07, 6.45) is 2.24. The first kappa shape index (κ1) is 15.3. The number of anilines is 1. The minimum absolute atomic E-state index is 0.0248. The van der Waals surface area contributed by atoms with E-state index in [-0.39, 0.29) is 17.9 Å². The van der Waals surface area contributed by atoms with Gasteiger partial charge in [-0.2, -0.15) is 5.10 Å². The maximum Gasteiger partial charge on any atom is 0.274 e. The Morgan fingerprint density at radius 1 is 1.38 bits per heavy atom. The lowest BCUT2D eigenvalue weighted by molar-refractivity contribution is -0.119. The Kier molecular flexibility index (Phi) is 4.50. The van der Waals surface area contributed by atoms with Crippen molar-refractivity contribution in [3.05, 3.63) is 11.4 Å². The lowest BCUT2D eigenvalue weighted by Gasteiger charge is -2.32. The molecule has 1 saturated heterocycles. The largest absolute Gasteiger partial charge is 0.395 e. The van der Waals surface area contributed by atoms with Crippen LogP contribution in [0.2, 0.25) is 0 Å². The van der Waals surface area contributed by atoms with Crippen molar-refractivity contribution in [1.29, 1.82) is 0 Å². The molecular weight excluding hydrogens is 270 g/mol. The molecule has 1 aromatic heterocycles. The van der Waals surface area contributed by atoms with E-state index in [2.05, 4.69) is 10.4 Å². The summed E-state index contributed by atoms with van der Waals surface area (Å²) in [5.74, 6) is -0.105. The molecule has 0 aromatic carbocycles. The van der Waals surface area contributed by atoms with Crippen LogP contribution in [0.15, 0.2) is 0 Å². The van der Waals surface area contributed by atoms with Gasteiger partial charge in [0.1, 0.15) is 5.69 Å².